The molecule has 0 aromatic heterocycles. The van der Waals surface area contributed by atoms with Gasteiger partial charge in [0.1, 0.15) is 0 Å². The molecule has 0 saturated carbocycles. The Bertz CT molecular complexity index is 670. The summed E-state index contributed by atoms with van der Waals surface area (Å²) in [5.41, 5.74) is 7.41. The van der Waals surface area contributed by atoms with E-state index in [9.17, 15) is 0 Å². The minimum atomic E-state index is 0.796. The number of hydrogen-bond acceptors (Lipinski definition) is 2. The van der Waals surface area contributed by atoms with Crippen LogP contribution in [0, 0.1) is 13.8 Å². The van der Waals surface area contributed by atoms with Crippen molar-refractivity contribution >= 4 is 11.3 Å². The molecule has 0 bridgehead atoms. The molecule has 2 aromatic rings. The van der Waals surface area contributed by atoms with Gasteiger partial charge in [-0.1, -0.05) is 43.0 Å². The lowest BCUT2D eigenvalue weighted by atomic mass is 9.92. The second-order valence-corrected chi connectivity index (χ2v) is 5.92. The molecule has 2 nitrogen and oxygen atoms in total. The Morgan fingerprint density at radius 3 is 2.41 bits per heavy atom. The number of rotatable bonds is 3. The van der Waals surface area contributed by atoms with Gasteiger partial charge in [0, 0.05) is 24.3 Å². The Balaban J connectivity index is 2.07. The van der Waals surface area contributed by atoms with Crippen molar-refractivity contribution < 1.29 is 4.74 Å². The molecule has 0 aliphatic carbocycles. The molecule has 3 rings (SSSR count). The van der Waals surface area contributed by atoms with Crippen LogP contribution in [-0.2, 0) is 4.74 Å². The molecule has 22 heavy (non-hydrogen) atoms. The molecule has 0 N–H and O–H groups in total. The summed E-state index contributed by atoms with van der Waals surface area (Å²) in [5, 5.41) is 0. The molecule has 1 aliphatic rings. The Morgan fingerprint density at radius 1 is 1.05 bits per heavy atom. The highest BCUT2D eigenvalue weighted by Gasteiger charge is 2.19. The van der Waals surface area contributed by atoms with E-state index in [4.69, 9.17) is 4.74 Å². The van der Waals surface area contributed by atoms with Gasteiger partial charge in [-0.05, 0) is 42.2 Å². The smallest absolute Gasteiger partial charge is 0.0642 e. The molecule has 1 heterocycles. The predicted molar refractivity (Wildman–Crippen MR) is 93.5 cm³/mol. The Labute approximate surface area is 133 Å². The fourth-order valence-corrected chi connectivity index (χ4v) is 3.18. The Kier molecular flexibility index (Phi) is 4.30. The first-order valence-corrected chi connectivity index (χ1v) is 7.85. The molecule has 0 atom stereocenters. The van der Waals surface area contributed by atoms with Gasteiger partial charge >= 0.3 is 0 Å². The van der Waals surface area contributed by atoms with Crippen LogP contribution in [0.25, 0.3) is 5.57 Å². The summed E-state index contributed by atoms with van der Waals surface area (Å²) < 4.78 is 5.50. The second kappa shape index (κ2) is 6.37. The number of benzene rings is 2. The molecular weight excluding hydrogens is 270 g/mol. The fraction of sp³-hybridized carbons (Fsp3) is 0.300. The van der Waals surface area contributed by atoms with E-state index in [1.165, 1.54) is 27.9 Å². The summed E-state index contributed by atoms with van der Waals surface area (Å²) in [6.45, 7) is 12.2. The lowest BCUT2D eigenvalue weighted by Crippen LogP contribution is -2.37. The van der Waals surface area contributed by atoms with Gasteiger partial charge in [0.25, 0.3) is 0 Å². The van der Waals surface area contributed by atoms with Crippen LogP contribution >= 0.6 is 0 Å². The zero-order chi connectivity index (χ0) is 15.5. The summed E-state index contributed by atoms with van der Waals surface area (Å²) >= 11 is 0. The minimum absolute atomic E-state index is 0.796. The summed E-state index contributed by atoms with van der Waals surface area (Å²) in [4.78, 5) is 2.42. The van der Waals surface area contributed by atoms with Crippen LogP contribution in [0.3, 0.4) is 0 Å². The van der Waals surface area contributed by atoms with Crippen molar-refractivity contribution in [3.05, 3.63) is 71.3 Å². The molecule has 0 unspecified atom stereocenters. The molecule has 2 aromatic carbocycles. The standard InChI is InChI=1S/C20H23NO/c1-15-13-16(2)20(17(3)18-7-5-4-6-8-18)19(14-15)21-9-11-22-12-10-21/h4-8,13-14H,3,9-12H2,1-2H3. The highest BCUT2D eigenvalue weighted by atomic mass is 16.5. The normalized spacial score (nSPS) is 14.9. The van der Waals surface area contributed by atoms with Gasteiger partial charge < -0.3 is 9.64 Å². The van der Waals surface area contributed by atoms with E-state index in [1.807, 2.05) is 6.07 Å². The summed E-state index contributed by atoms with van der Waals surface area (Å²) in [6, 6.07) is 15.0. The van der Waals surface area contributed by atoms with Gasteiger partial charge in [-0.25, -0.2) is 0 Å². The van der Waals surface area contributed by atoms with E-state index >= 15 is 0 Å². The zero-order valence-electron chi connectivity index (χ0n) is 13.4. The lowest BCUT2D eigenvalue weighted by Gasteiger charge is -2.32. The molecule has 0 radical (unpaired) electrons. The van der Waals surface area contributed by atoms with E-state index < -0.39 is 0 Å². The van der Waals surface area contributed by atoms with Crippen LogP contribution in [0.5, 0.6) is 0 Å². The van der Waals surface area contributed by atoms with Crippen LogP contribution in [0.2, 0.25) is 0 Å². The molecule has 1 fully saturated rings. The van der Waals surface area contributed by atoms with Crippen LogP contribution in [0.4, 0.5) is 5.69 Å². The van der Waals surface area contributed by atoms with Crippen LogP contribution in [0.15, 0.2) is 49.0 Å². The molecule has 114 valence electrons. The third-order valence-corrected chi connectivity index (χ3v) is 4.23. The maximum Gasteiger partial charge on any atom is 0.0642 e. The maximum atomic E-state index is 5.50. The van der Waals surface area contributed by atoms with Crippen LogP contribution in [0.1, 0.15) is 22.3 Å². The van der Waals surface area contributed by atoms with E-state index in [2.05, 4.69) is 61.7 Å². The van der Waals surface area contributed by atoms with E-state index in [0.717, 1.165) is 31.9 Å². The SMILES string of the molecule is C=C(c1ccccc1)c1c(C)cc(C)cc1N1CCOCC1. The first-order valence-electron chi connectivity index (χ1n) is 7.85. The van der Waals surface area contributed by atoms with Crippen molar-refractivity contribution in [3.8, 4) is 0 Å². The number of ether oxygens (including phenoxy) is 1. The third kappa shape index (κ3) is 2.93. The Hall–Kier alpha value is -2.06. The molecule has 2 heteroatoms. The largest absolute Gasteiger partial charge is 0.378 e. The molecular formula is C20H23NO. The number of aryl methyl sites for hydroxylation is 2. The van der Waals surface area contributed by atoms with E-state index in [0.29, 0.717) is 0 Å². The van der Waals surface area contributed by atoms with Crippen molar-refractivity contribution in [2.45, 2.75) is 13.8 Å². The highest BCUT2D eigenvalue weighted by molar-refractivity contribution is 5.87. The summed E-state index contributed by atoms with van der Waals surface area (Å²) in [6.07, 6.45) is 0. The quantitative estimate of drug-likeness (QED) is 0.841. The minimum Gasteiger partial charge on any atom is -0.378 e. The number of anilines is 1. The topological polar surface area (TPSA) is 12.5 Å². The third-order valence-electron chi connectivity index (χ3n) is 4.23. The monoisotopic (exact) mass is 293 g/mol. The average molecular weight is 293 g/mol. The second-order valence-electron chi connectivity index (χ2n) is 5.92. The van der Waals surface area contributed by atoms with Gasteiger partial charge in [0.05, 0.1) is 13.2 Å². The predicted octanol–water partition coefficient (Wildman–Crippen LogP) is 4.20. The highest BCUT2D eigenvalue weighted by Crippen LogP contribution is 2.34. The number of nitrogens with zero attached hydrogens (tertiary/aromatic N) is 1. The average Bonchev–Trinajstić information content (AvgIpc) is 2.55. The maximum absolute atomic E-state index is 5.50. The van der Waals surface area contributed by atoms with Gasteiger partial charge in [-0.2, -0.15) is 0 Å². The van der Waals surface area contributed by atoms with Gasteiger partial charge in [0.2, 0.25) is 0 Å². The van der Waals surface area contributed by atoms with Gasteiger partial charge in [0.15, 0.2) is 0 Å². The first kappa shape index (κ1) is 14.9. The molecule has 1 saturated heterocycles. The van der Waals surface area contributed by atoms with Crippen LogP contribution < -0.4 is 4.90 Å². The fourth-order valence-electron chi connectivity index (χ4n) is 3.18. The molecule has 0 amide bonds. The summed E-state index contributed by atoms with van der Waals surface area (Å²) in [5.74, 6) is 0. The van der Waals surface area contributed by atoms with Crippen molar-refractivity contribution in [1.82, 2.24) is 0 Å². The molecule has 0 spiro atoms. The number of morpholine rings is 1. The van der Waals surface area contributed by atoms with Crippen molar-refractivity contribution in [2.24, 2.45) is 0 Å². The van der Waals surface area contributed by atoms with Gasteiger partial charge in [-0.15, -0.1) is 0 Å². The van der Waals surface area contributed by atoms with Gasteiger partial charge in [-0.3, -0.25) is 0 Å². The van der Waals surface area contributed by atoms with E-state index in [1.54, 1.807) is 0 Å². The van der Waals surface area contributed by atoms with Crippen LogP contribution in [-0.4, -0.2) is 26.3 Å². The first-order chi connectivity index (χ1) is 10.7. The van der Waals surface area contributed by atoms with Crippen molar-refractivity contribution in [2.75, 3.05) is 31.2 Å². The molecule has 1 aliphatic heterocycles. The van der Waals surface area contributed by atoms with Crippen molar-refractivity contribution in [3.63, 3.8) is 0 Å². The lowest BCUT2D eigenvalue weighted by molar-refractivity contribution is 0.122. The van der Waals surface area contributed by atoms with Crippen molar-refractivity contribution in [1.29, 1.82) is 0 Å². The number of hydrogen-bond donors (Lipinski definition) is 0. The van der Waals surface area contributed by atoms with E-state index in [-0.39, 0.29) is 0 Å². The zero-order valence-corrected chi connectivity index (χ0v) is 13.4. The summed E-state index contributed by atoms with van der Waals surface area (Å²) in [7, 11) is 0. The Morgan fingerprint density at radius 2 is 1.73 bits per heavy atom.